The number of rotatable bonds is 5. The molecule has 1 aromatic heterocycles. The Bertz CT molecular complexity index is 939. The van der Waals surface area contributed by atoms with Crippen molar-refractivity contribution in [1.82, 2.24) is 20.3 Å². The van der Waals surface area contributed by atoms with Gasteiger partial charge in [-0.15, -0.1) is 5.10 Å². The van der Waals surface area contributed by atoms with Crippen LogP contribution in [0.5, 0.6) is 0 Å². The number of aromatic nitrogens is 3. The van der Waals surface area contributed by atoms with Crippen LogP contribution >= 0.6 is 0 Å². The number of nitrogens with zero attached hydrogens (tertiary/aromatic N) is 3. The molecule has 2 aromatic carbocycles. The molecule has 0 saturated carbocycles. The summed E-state index contributed by atoms with van der Waals surface area (Å²) < 4.78 is 14.5. The fourth-order valence-corrected chi connectivity index (χ4v) is 2.36. The van der Waals surface area contributed by atoms with Crippen molar-refractivity contribution in [2.24, 2.45) is 0 Å². The Kier molecular flexibility index (Phi) is 4.60. The maximum absolute atomic E-state index is 13.5. The van der Waals surface area contributed by atoms with Crippen LogP contribution in [0.15, 0.2) is 53.3 Å². The Morgan fingerprint density at radius 1 is 1.12 bits per heavy atom. The number of benzene rings is 2. The first kappa shape index (κ1) is 15.8. The van der Waals surface area contributed by atoms with E-state index in [2.05, 4.69) is 15.6 Å². The first-order valence-corrected chi connectivity index (χ1v) is 7.48. The second kappa shape index (κ2) is 6.99. The molecule has 0 aliphatic rings. The van der Waals surface area contributed by atoms with Gasteiger partial charge in [0.1, 0.15) is 17.9 Å². The van der Waals surface area contributed by atoms with Gasteiger partial charge in [-0.2, -0.15) is 0 Å². The van der Waals surface area contributed by atoms with E-state index in [1.807, 2.05) is 0 Å². The topological polar surface area (TPSA) is 76.9 Å². The second-order valence-electron chi connectivity index (χ2n) is 5.26. The number of halogens is 1. The molecule has 24 heavy (non-hydrogen) atoms. The van der Waals surface area contributed by atoms with E-state index in [0.717, 1.165) is 4.68 Å². The van der Waals surface area contributed by atoms with Crippen molar-refractivity contribution >= 4 is 16.8 Å². The van der Waals surface area contributed by atoms with Gasteiger partial charge in [-0.3, -0.25) is 9.59 Å². The van der Waals surface area contributed by atoms with Crippen LogP contribution in [0.1, 0.15) is 5.56 Å². The van der Waals surface area contributed by atoms with Crippen LogP contribution in [0.2, 0.25) is 0 Å². The molecule has 0 spiro atoms. The molecule has 7 heteroatoms. The number of hydrogen-bond donors (Lipinski definition) is 1. The number of nitrogens with one attached hydrogen (secondary N) is 1. The molecule has 122 valence electrons. The number of carbonyl (C=O) groups is 1. The molecule has 1 N–H and O–H groups in total. The Labute approximate surface area is 136 Å². The molecule has 1 heterocycles. The fourth-order valence-electron chi connectivity index (χ4n) is 2.36. The summed E-state index contributed by atoms with van der Waals surface area (Å²) in [5.74, 6) is -0.679. The van der Waals surface area contributed by atoms with Crippen LogP contribution in [-0.4, -0.2) is 27.4 Å². The van der Waals surface area contributed by atoms with Crippen molar-refractivity contribution < 1.29 is 9.18 Å². The molecule has 3 rings (SSSR count). The highest BCUT2D eigenvalue weighted by atomic mass is 19.1. The van der Waals surface area contributed by atoms with Crippen molar-refractivity contribution in [1.29, 1.82) is 0 Å². The second-order valence-corrected chi connectivity index (χ2v) is 5.26. The smallest absolute Gasteiger partial charge is 0.278 e. The minimum Gasteiger partial charge on any atom is -0.354 e. The first-order chi connectivity index (χ1) is 11.6. The third-order valence-electron chi connectivity index (χ3n) is 3.60. The quantitative estimate of drug-likeness (QED) is 0.766. The van der Waals surface area contributed by atoms with E-state index in [9.17, 15) is 14.0 Å². The van der Waals surface area contributed by atoms with Crippen molar-refractivity contribution in [3.8, 4) is 0 Å². The van der Waals surface area contributed by atoms with Gasteiger partial charge in [-0.25, -0.2) is 9.07 Å². The summed E-state index contributed by atoms with van der Waals surface area (Å²) in [6.45, 7) is 0.0451. The van der Waals surface area contributed by atoms with Gasteiger partial charge in [0.25, 0.3) is 5.56 Å². The highest BCUT2D eigenvalue weighted by Gasteiger charge is 2.09. The molecular formula is C17H15FN4O2. The van der Waals surface area contributed by atoms with E-state index in [-0.39, 0.29) is 30.4 Å². The van der Waals surface area contributed by atoms with E-state index in [4.69, 9.17) is 0 Å². The van der Waals surface area contributed by atoms with Crippen LogP contribution < -0.4 is 10.9 Å². The molecule has 0 radical (unpaired) electrons. The number of hydrogen-bond acceptors (Lipinski definition) is 4. The molecule has 0 bridgehead atoms. The Morgan fingerprint density at radius 2 is 1.88 bits per heavy atom. The number of amides is 1. The van der Waals surface area contributed by atoms with Crippen molar-refractivity contribution in [3.05, 3.63) is 70.3 Å². The number of carbonyl (C=O) groups excluding carboxylic acids is 1. The molecular weight excluding hydrogens is 311 g/mol. The minimum atomic E-state index is -0.377. The Hall–Kier alpha value is -3.09. The Morgan fingerprint density at radius 3 is 2.71 bits per heavy atom. The van der Waals surface area contributed by atoms with Crippen LogP contribution in [0.25, 0.3) is 10.9 Å². The lowest BCUT2D eigenvalue weighted by molar-refractivity contribution is -0.121. The third kappa shape index (κ3) is 3.45. The van der Waals surface area contributed by atoms with Gasteiger partial charge < -0.3 is 5.32 Å². The van der Waals surface area contributed by atoms with Gasteiger partial charge >= 0.3 is 0 Å². The lowest BCUT2D eigenvalue weighted by atomic mass is 10.1. The van der Waals surface area contributed by atoms with E-state index >= 15 is 0 Å². The minimum absolute atomic E-state index is 0.228. The van der Waals surface area contributed by atoms with Gasteiger partial charge in [0.2, 0.25) is 5.91 Å². The van der Waals surface area contributed by atoms with E-state index in [0.29, 0.717) is 22.9 Å². The Balaban J connectivity index is 1.62. The van der Waals surface area contributed by atoms with E-state index in [1.165, 1.54) is 6.07 Å². The summed E-state index contributed by atoms with van der Waals surface area (Å²) >= 11 is 0. The predicted octanol–water partition coefficient (Wildman–Crippen LogP) is 1.29. The van der Waals surface area contributed by atoms with E-state index in [1.54, 1.807) is 42.5 Å². The SMILES string of the molecule is O=C(Cn1nnc2ccccc2c1=O)NCCc1ccccc1F. The zero-order chi connectivity index (χ0) is 16.9. The van der Waals surface area contributed by atoms with Gasteiger partial charge in [-0.1, -0.05) is 35.5 Å². The molecule has 0 fully saturated rings. The van der Waals surface area contributed by atoms with Crippen molar-refractivity contribution in [3.63, 3.8) is 0 Å². The molecule has 6 nitrogen and oxygen atoms in total. The summed E-state index contributed by atoms with van der Waals surface area (Å²) in [7, 11) is 0. The zero-order valence-corrected chi connectivity index (χ0v) is 12.8. The number of fused-ring (bicyclic) bond motifs is 1. The van der Waals surface area contributed by atoms with E-state index < -0.39 is 0 Å². The molecule has 0 unspecified atom stereocenters. The van der Waals surface area contributed by atoms with Gasteiger partial charge in [-0.05, 0) is 30.2 Å². The summed E-state index contributed by atoms with van der Waals surface area (Å²) in [6, 6.07) is 13.2. The van der Waals surface area contributed by atoms with Gasteiger partial charge in [0.15, 0.2) is 0 Å². The summed E-state index contributed by atoms with van der Waals surface area (Å²) in [6.07, 6.45) is 0.372. The van der Waals surface area contributed by atoms with Crippen LogP contribution in [0, 0.1) is 5.82 Å². The monoisotopic (exact) mass is 326 g/mol. The maximum atomic E-state index is 13.5. The zero-order valence-electron chi connectivity index (χ0n) is 12.8. The lowest BCUT2D eigenvalue weighted by Gasteiger charge is -2.07. The van der Waals surface area contributed by atoms with Gasteiger partial charge in [0, 0.05) is 6.54 Å². The average Bonchev–Trinajstić information content (AvgIpc) is 2.59. The maximum Gasteiger partial charge on any atom is 0.278 e. The summed E-state index contributed by atoms with van der Waals surface area (Å²) in [5.41, 5.74) is 0.643. The van der Waals surface area contributed by atoms with Crippen LogP contribution in [0.3, 0.4) is 0 Å². The fraction of sp³-hybridized carbons (Fsp3) is 0.176. The normalized spacial score (nSPS) is 10.7. The van der Waals surface area contributed by atoms with Crippen LogP contribution in [0.4, 0.5) is 4.39 Å². The van der Waals surface area contributed by atoms with Crippen LogP contribution in [-0.2, 0) is 17.8 Å². The molecule has 1 amide bonds. The molecule has 0 aliphatic carbocycles. The average molecular weight is 326 g/mol. The highest BCUT2D eigenvalue weighted by molar-refractivity contribution is 5.78. The molecule has 0 saturated heterocycles. The third-order valence-corrected chi connectivity index (χ3v) is 3.60. The first-order valence-electron chi connectivity index (χ1n) is 7.48. The highest BCUT2D eigenvalue weighted by Crippen LogP contribution is 2.06. The summed E-state index contributed by atoms with van der Waals surface area (Å²) in [5, 5.41) is 10.7. The predicted molar refractivity (Wildman–Crippen MR) is 86.9 cm³/mol. The molecule has 0 atom stereocenters. The van der Waals surface area contributed by atoms with Gasteiger partial charge in [0.05, 0.1) is 5.39 Å². The lowest BCUT2D eigenvalue weighted by Crippen LogP contribution is -2.35. The summed E-state index contributed by atoms with van der Waals surface area (Å²) in [4.78, 5) is 24.2. The van der Waals surface area contributed by atoms with Crippen molar-refractivity contribution in [2.75, 3.05) is 6.54 Å². The van der Waals surface area contributed by atoms with Crippen molar-refractivity contribution in [2.45, 2.75) is 13.0 Å². The molecule has 0 aliphatic heterocycles. The standard InChI is InChI=1S/C17H15FN4O2/c18-14-7-3-1-5-12(14)9-10-19-16(23)11-22-17(24)13-6-2-4-8-15(13)20-21-22/h1-8H,9-11H2,(H,19,23). The molecule has 3 aromatic rings. The largest absolute Gasteiger partial charge is 0.354 e.